The van der Waals surface area contributed by atoms with Crippen molar-refractivity contribution in [3.8, 4) is 5.75 Å². The van der Waals surface area contributed by atoms with Crippen LogP contribution >= 0.6 is 0 Å². The summed E-state index contributed by atoms with van der Waals surface area (Å²) in [6, 6.07) is 13.6. The number of carbonyl (C=O) groups excluding carboxylic acids is 2. The van der Waals surface area contributed by atoms with Crippen molar-refractivity contribution in [3.63, 3.8) is 0 Å². The summed E-state index contributed by atoms with van der Waals surface area (Å²) in [5.74, 6) is 0.377. The highest BCUT2D eigenvalue weighted by Crippen LogP contribution is 2.14. The lowest BCUT2D eigenvalue weighted by Gasteiger charge is -2.22. The quantitative estimate of drug-likeness (QED) is 0.758. The van der Waals surface area contributed by atoms with Crippen LogP contribution in [0.1, 0.15) is 18.4 Å². The van der Waals surface area contributed by atoms with Crippen molar-refractivity contribution in [2.45, 2.75) is 19.3 Å². The number of aryl methyl sites for hydroxylation is 1. The number of nitrogens with zero attached hydrogens (tertiary/aromatic N) is 2. The standard InChI is InChI=1S/C23H28FN3O3/c1-30-21-9-6-18(7-10-21)8-11-23(29)27-13-3-12-26(14-15-27)17-22(28)25-20-5-2-4-19(24)16-20/h2,4-7,9-10,16H,3,8,11-15,17H2,1H3,(H,25,28). The van der Waals surface area contributed by atoms with E-state index in [1.165, 1.54) is 12.1 Å². The van der Waals surface area contributed by atoms with Gasteiger partial charge in [0.05, 0.1) is 13.7 Å². The van der Waals surface area contributed by atoms with Gasteiger partial charge in [0, 0.05) is 38.3 Å². The van der Waals surface area contributed by atoms with Gasteiger partial charge in [0.15, 0.2) is 0 Å². The van der Waals surface area contributed by atoms with Gasteiger partial charge in [-0.25, -0.2) is 4.39 Å². The minimum atomic E-state index is -0.383. The maximum Gasteiger partial charge on any atom is 0.238 e. The Balaban J connectivity index is 1.43. The van der Waals surface area contributed by atoms with Crippen LogP contribution in [0.4, 0.5) is 10.1 Å². The van der Waals surface area contributed by atoms with E-state index in [0.29, 0.717) is 38.2 Å². The monoisotopic (exact) mass is 413 g/mol. The minimum Gasteiger partial charge on any atom is -0.497 e. The summed E-state index contributed by atoms with van der Waals surface area (Å²) in [6.45, 7) is 2.92. The number of anilines is 1. The molecule has 0 unspecified atom stereocenters. The largest absolute Gasteiger partial charge is 0.497 e. The van der Waals surface area contributed by atoms with Crippen LogP contribution in [0, 0.1) is 5.82 Å². The van der Waals surface area contributed by atoms with Gasteiger partial charge >= 0.3 is 0 Å². The molecule has 0 radical (unpaired) electrons. The fourth-order valence-electron chi connectivity index (χ4n) is 3.55. The Hall–Kier alpha value is -2.93. The predicted octanol–water partition coefficient (Wildman–Crippen LogP) is 2.94. The van der Waals surface area contributed by atoms with Crippen LogP contribution in [0.3, 0.4) is 0 Å². The summed E-state index contributed by atoms with van der Waals surface area (Å²) in [4.78, 5) is 28.8. The molecule has 160 valence electrons. The number of carbonyl (C=O) groups is 2. The van der Waals surface area contributed by atoms with Gasteiger partial charge in [0.1, 0.15) is 11.6 Å². The molecule has 0 saturated carbocycles. The highest BCUT2D eigenvalue weighted by molar-refractivity contribution is 5.92. The van der Waals surface area contributed by atoms with E-state index in [-0.39, 0.29) is 24.2 Å². The van der Waals surface area contributed by atoms with Gasteiger partial charge in [-0.3, -0.25) is 14.5 Å². The lowest BCUT2D eigenvalue weighted by molar-refractivity contribution is -0.131. The second-order valence-corrected chi connectivity index (χ2v) is 7.42. The molecule has 2 aromatic carbocycles. The number of ether oxygens (including phenoxy) is 1. The van der Waals surface area contributed by atoms with E-state index in [0.717, 1.165) is 24.3 Å². The number of rotatable bonds is 7. The topological polar surface area (TPSA) is 61.9 Å². The van der Waals surface area contributed by atoms with Crippen molar-refractivity contribution < 1.29 is 18.7 Å². The SMILES string of the molecule is COc1ccc(CCC(=O)N2CCCN(CC(=O)Nc3cccc(F)c3)CC2)cc1. The Kier molecular flexibility index (Phi) is 7.79. The lowest BCUT2D eigenvalue weighted by atomic mass is 10.1. The number of benzene rings is 2. The fraction of sp³-hybridized carbons (Fsp3) is 0.391. The van der Waals surface area contributed by atoms with Crippen LogP contribution in [0.25, 0.3) is 0 Å². The van der Waals surface area contributed by atoms with Crippen LogP contribution in [0.2, 0.25) is 0 Å². The maximum atomic E-state index is 13.2. The second-order valence-electron chi connectivity index (χ2n) is 7.42. The highest BCUT2D eigenvalue weighted by atomic mass is 19.1. The molecule has 1 heterocycles. The van der Waals surface area contributed by atoms with Crippen molar-refractivity contribution in [2.24, 2.45) is 0 Å². The summed E-state index contributed by atoms with van der Waals surface area (Å²) in [6.07, 6.45) is 1.98. The van der Waals surface area contributed by atoms with E-state index in [1.807, 2.05) is 34.1 Å². The molecular weight excluding hydrogens is 385 g/mol. The first kappa shape index (κ1) is 21.8. The predicted molar refractivity (Wildman–Crippen MR) is 114 cm³/mol. The Labute approximate surface area is 176 Å². The number of methoxy groups -OCH3 is 1. The van der Waals surface area contributed by atoms with Crippen molar-refractivity contribution in [3.05, 3.63) is 59.9 Å². The number of halogens is 1. The van der Waals surface area contributed by atoms with Gasteiger partial charge in [0.25, 0.3) is 0 Å². The molecule has 0 bridgehead atoms. The molecule has 7 heteroatoms. The molecule has 1 fully saturated rings. The molecule has 6 nitrogen and oxygen atoms in total. The molecule has 1 saturated heterocycles. The first-order valence-corrected chi connectivity index (χ1v) is 10.2. The lowest BCUT2D eigenvalue weighted by Crippen LogP contribution is -2.38. The summed E-state index contributed by atoms with van der Waals surface area (Å²) < 4.78 is 18.4. The third-order valence-electron chi connectivity index (χ3n) is 5.20. The van der Waals surface area contributed by atoms with Crippen molar-refractivity contribution in [2.75, 3.05) is 45.2 Å². The highest BCUT2D eigenvalue weighted by Gasteiger charge is 2.20. The molecule has 1 aliphatic heterocycles. The summed E-state index contributed by atoms with van der Waals surface area (Å²) in [5, 5.41) is 2.72. The van der Waals surface area contributed by atoms with Crippen LogP contribution in [0.15, 0.2) is 48.5 Å². The molecule has 0 atom stereocenters. The third-order valence-corrected chi connectivity index (χ3v) is 5.20. The molecule has 0 spiro atoms. The van der Waals surface area contributed by atoms with Crippen LogP contribution in [0.5, 0.6) is 5.75 Å². The number of nitrogens with one attached hydrogen (secondary N) is 1. The van der Waals surface area contributed by atoms with Crippen molar-refractivity contribution in [1.82, 2.24) is 9.80 Å². The van der Waals surface area contributed by atoms with Gasteiger partial charge in [-0.05, 0) is 48.7 Å². The summed E-state index contributed by atoms with van der Waals surface area (Å²) >= 11 is 0. The fourth-order valence-corrected chi connectivity index (χ4v) is 3.55. The first-order valence-electron chi connectivity index (χ1n) is 10.2. The van der Waals surface area contributed by atoms with Crippen LogP contribution in [-0.2, 0) is 16.0 Å². The average Bonchev–Trinajstić information content (AvgIpc) is 2.98. The van der Waals surface area contributed by atoms with E-state index in [1.54, 1.807) is 19.2 Å². The van der Waals surface area contributed by atoms with E-state index in [2.05, 4.69) is 5.32 Å². The molecule has 30 heavy (non-hydrogen) atoms. The zero-order valence-electron chi connectivity index (χ0n) is 17.3. The second kappa shape index (κ2) is 10.7. The minimum absolute atomic E-state index is 0.136. The molecule has 3 rings (SSSR count). The van der Waals surface area contributed by atoms with Crippen LogP contribution < -0.4 is 10.1 Å². The third kappa shape index (κ3) is 6.56. The number of hydrogen-bond donors (Lipinski definition) is 1. The van der Waals surface area contributed by atoms with Crippen molar-refractivity contribution >= 4 is 17.5 Å². The van der Waals surface area contributed by atoms with Gasteiger partial charge in [0.2, 0.25) is 11.8 Å². The molecule has 2 amide bonds. The van der Waals surface area contributed by atoms with Crippen LogP contribution in [-0.4, -0.2) is 61.4 Å². The van der Waals surface area contributed by atoms with Gasteiger partial charge in [-0.1, -0.05) is 18.2 Å². The molecule has 0 aliphatic carbocycles. The van der Waals surface area contributed by atoms with Gasteiger partial charge in [-0.2, -0.15) is 0 Å². The Morgan fingerprint density at radius 1 is 1.07 bits per heavy atom. The zero-order chi connectivity index (χ0) is 21.3. The Bertz CT molecular complexity index is 857. The van der Waals surface area contributed by atoms with E-state index in [9.17, 15) is 14.0 Å². The average molecular weight is 413 g/mol. The smallest absolute Gasteiger partial charge is 0.238 e. The van der Waals surface area contributed by atoms with Gasteiger partial charge < -0.3 is 15.0 Å². The van der Waals surface area contributed by atoms with Gasteiger partial charge in [-0.15, -0.1) is 0 Å². The maximum absolute atomic E-state index is 13.2. The zero-order valence-corrected chi connectivity index (χ0v) is 17.3. The number of hydrogen-bond acceptors (Lipinski definition) is 4. The normalized spacial score (nSPS) is 14.8. The Morgan fingerprint density at radius 2 is 1.87 bits per heavy atom. The Morgan fingerprint density at radius 3 is 2.60 bits per heavy atom. The molecule has 1 aliphatic rings. The number of amides is 2. The van der Waals surface area contributed by atoms with E-state index in [4.69, 9.17) is 4.74 Å². The molecular formula is C23H28FN3O3. The van der Waals surface area contributed by atoms with E-state index < -0.39 is 0 Å². The molecule has 2 aromatic rings. The first-order chi connectivity index (χ1) is 14.5. The van der Waals surface area contributed by atoms with Crippen molar-refractivity contribution in [1.29, 1.82) is 0 Å². The summed E-state index contributed by atoms with van der Waals surface area (Å²) in [7, 11) is 1.63. The summed E-state index contributed by atoms with van der Waals surface area (Å²) in [5.41, 5.74) is 1.56. The molecule has 0 aromatic heterocycles. The molecule has 1 N–H and O–H groups in total. The van der Waals surface area contributed by atoms with E-state index >= 15 is 0 Å².